The molecular weight excluding hydrogens is 523 g/mol. The maximum Gasteiger partial charge on any atom is 0.435 e. The van der Waals surface area contributed by atoms with Crippen LogP contribution in [0.25, 0.3) is 5.69 Å². The Kier molecular flexibility index (Phi) is 10.2. The van der Waals surface area contributed by atoms with Gasteiger partial charge in [-0.3, -0.25) is 4.79 Å². The summed E-state index contributed by atoms with van der Waals surface area (Å²) >= 11 is 0. The minimum absolute atomic E-state index is 0.0270. The molecule has 0 atom stereocenters. The van der Waals surface area contributed by atoms with Crippen molar-refractivity contribution in [1.29, 1.82) is 0 Å². The Labute approximate surface area is 231 Å². The second-order valence-electron chi connectivity index (χ2n) is 8.85. The van der Waals surface area contributed by atoms with Crippen LogP contribution in [0.15, 0.2) is 85.0 Å². The number of halogens is 3. The average molecular weight is 556 g/mol. The molecule has 0 saturated carbocycles. The highest BCUT2D eigenvalue weighted by atomic mass is 19.4. The summed E-state index contributed by atoms with van der Waals surface area (Å²) in [7, 11) is 0. The van der Waals surface area contributed by atoms with E-state index in [0.29, 0.717) is 30.8 Å². The van der Waals surface area contributed by atoms with Crippen LogP contribution < -0.4 is 4.74 Å². The highest BCUT2D eigenvalue weighted by Crippen LogP contribution is 2.35. The standard InChI is InChI=1S/C30H32F3N3O4/c1-4-7-9-22(29(39)35(6-3)18-5-2)15-12-21-13-16-24(17-14-21)40-20-23-19-27(30(31,32)33)34-36(23)28-25(37)10-8-11-26(28)38/h4,7-11,13-17,19,37-38H,1,5-6,12,18,20H2,2-3H3/b9-7-,22-15+. The van der Waals surface area contributed by atoms with Crippen LogP contribution in [0, 0.1) is 0 Å². The van der Waals surface area contributed by atoms with Crippen LogP contribution in [-0.2, 0) is 24.0 Å². The first-order valence-corrected chi connectivity index (χ1v) is 12.8. The number of aromatic hydroxyl groups is 2. The number of phenolic OH excluding ortho intramolecular Hbond substituents is 2. The number of ether oxygens (including phenoxy) is 1. The molecule has 0 spiro atoms. The molecule has 40 heavy (non-hydrogen) atoms. The van der Waals surface area contributed by atoms with Gasteiger partial charge in [-0.25, -0.2) is 4.68 Å². The molecule has 2 N–H and O–H groups in total. The number of amides is 1. The molecule has 7 nitrogen and oxygen atoms in total. The van der Waals surface area contributed by atoms with Gasteiger partial charge in [-0.15, -0.1) is 0 Å². The van der Waals surface area contributed by atoms with Gasteiger partial charge in [0.15, 0.2) is 5.69 Å². The Morgan fingerprint density at radius 2 is 1.80 bits per heavy atom. The largest absolute Gasteiger partial charge is 0.506 e. The van der Waals surface area contributed by atoms with Gasteiger partial charge in [-0.05, 0) is 61.7 Å². The van der Waals surface area contributed by atoms with E-state index in [9.17, 15) is 28.2 Å². The molecule has 0 aliphatic heterocycles. The number of nitrogens with zero attached hydrogens (tertiary/aromatic N) is 3. The number of hydrogen-bond acceptors (Lipinski definition) is 5. The number of benzene rings is 2. The van der Waals surface area contributed by atoms with Crippen molar-refractivity contribution in [1.82, 2.24) is 14.7 Å². The third-order valence-corrected chi connectivity index (χ3v) is 5.97. The summed E-state index contributed by atoms with van der Waals surface area (Å²) in [6.07, 6.45) is 3.48. The van der Waals surface area contributed by atoms with Gasteiger partial charge in [0.2, 0.25) is 0 Å². The van der Waals surface area contributed by atoms with E-state index < -0.39 is 23.4 Å². The summed E-state index contributed by atoms with van der Waals surface area (Å²) in [5.74, 6) is -0.549. The van der Waals surface area contributed by atoms with Crippen molar-refractivity contribution < 1.29 is 32.9 Å². The maximum atomic E-state index is 13.4. The molecule has 10 heteroatoms. The van der Waals surface area contributed by atoms with E-state index in [1.165, 1.54) is 18.2 Å². The fraction of sp³-hybridized carbons (Fsp3) is 0.267. The third kappa shape index (κ3) is 7.56. The predicted molar refractivity (Wildman–Crippen MR) is 146 cm³/mol. The van der Waals surface area contributed by atoms with Gasteiger partial charge in [-0.1, -0.05) is 49.9 Å². The lowest BCUT2D eigenvalue weighted by molar-refractivity contribution is -0.141. The minimum Gasteiger partial charge on any atom is -0.506 e. The first-order chi connectivity index (χ1) is 19.1. The number of likely N-dealkylation sites (N-methyl/N-ethyl adjacent to an activating group) is 1. The van der Waals surface area contributed by atoms with E-state index in [0.717, 1.165) is 22.7 Å². The van der Waals surface area contributed by atoms with E-state index in [1.807, 2.05) is 19.9 Å². The molecule has 0 radical (unpaired) electrons. The lowest BCUT2D eigenvalue weighted by Gasteiger charge is -2.20. The average Bonchev–Trinajstić information content (AvgIpc) is 3.35. The summed E-state index contributed by atoms with van der Waals surface area (Å²) in [4.78, 5) is 14.7. The van der Waals surface area contributed by atoms with E-state index in [4.69, 9.17) is 4.74 Å². The van der Waals surface area contributed by atoms with E-state index in [2.05, 4.69) is 11.7 Å². The lowest BCUT2D eigenvalue weighted by Crippen LogP contribution is -2.32. The number of rotatable bonds is 12. The van der Waals surface area contributed by atoms with Crippen LogP contribution >= 0.6 is 0 Å². The smallest absolute Gasteiger partial charge is 0.435 e. The molecule has 0 aliphatic carbocycles. The molecule has 3 rings (SSSR count). The second-order valence-corrected chi connectivity index (χ2v) is 8.85. The second kappa shape index (κ2) is 13.5. The van der Waals surface area contributed by atoms with Gasteiger partial charge < -0.3 is 19.8 Å². The Morgan fingerprint density at radius 3 is 2.38 bits per heavy atom. The number of hydrogen-bond donors (Lipinski definition) is 2. The Balaban J connectivity index is 1.78. The molecule has 0 fully saturated rings. The number of para-hydroxylation sites is 1. The summed E-state index contributed by atoms with van der Waals surface area (Å²) in [6, 6.07) is 11.6. The van der Waals surface area contributed by atoms with Gasteiger partial charge in [0.1, 0.15) is 29.5 Å². The van der Waals surface area contributed by atoms with E-state index in [-0.39, 0.29) is 23.9 Å². The van der Waals surface area contributed by atoms with E-state index in [1.54, 1.807) is 47.4 Å². The first kappa shape index (κ1) is 30.1. The van der Waals surface area contributed by atoms with Crippen LogP contribution in [0.4, 0.5) is 13.2 Å². The molecule has 1 heterocycles. The first-order valence-electron chi connectivity index (χ1n) is 12.8. The van der Waals surface area contributed by atoms with Crippen molar-refractivity contribution >= 4 is 5.91 Å². The van der Waals surface area contributed by atoms with Crippen LogP contribution in [-0.4, -0.2) is 43.9 Å². The molecule has 2 aromatic carbocycles. The molecular formula is C30H32F3N3O4. The number of aromatic nitrogens is 2. The molecule has 0 unspecified atom stereocenters. The summed E-state index contributed by atoms with van der Waals surface area (Å²) in [6.45, 7) is 8.56. The van der Waals surface area contributed by atoms with Crippen molar-refractivity contribution in [2.75, 3.05) is 13.1 Å². The zero-order valence-corrected chi connectivity index (χ0v) is 22.4. The van der Waals surface area contributed by atoms with Gasteiger partial charge in [0, 0.05) is 18.7 Å². The third-order valence-electron chi connectivity index (χ3n) is 5.97. The summed E-state index contributed by atoms with van der Waals surface area (Å²) in [5, 5.41) is 23.9. The van der Waals surface area contributed by atoms with Crippen LogP contribution in [0.1, 0.15) is 37.2 Å². The normalized spacial score (nSPS) is 12.1. The summed E-state index contributed by atoms with van der Waals surface area (Å²) in [5.41, 5.74) is -0.0493. The molecule has 0 aliphatic rings. The topological polar surface area (TPSA) is 87.8 Å². The Bertz CT molecular complexity index is 1360. The quantitative estimate of drug-likeness (QED) is 0.201. The van der Waals surface area contributed by atoms with Gasteiger partial charge >= 0.3 is 6.18 Å². The maximum absolute atomic E-state index is 13.4. The Hall–Kier alpha value is -4.47. The SMILES string of the molecule is C=C/C=C\C(=C/Cc1ccc(OCc2cc(C(F)(F)F)nn2-c2c(O)cccc2O)cc1)C(=O)N(CC)CCC. The zero-order chi connectivity index (χ0) is 29.3. The number of carbonyl (C=O) groups excluding carboxylic acids is 1. The fourth-order valence-electron chi connectivity index (χ4n) is 3.95. The molecule has 0 saturated heterocycles. The van der Waals surface area contributed by atoms with E-state index >= 15 is 0 Å². The summed E-state index contributed by atoms with van der Waals surface area (Å²) < 4.78 is 46.7. The zero-order valence-electron chi connectivity index (χ0n) is 22.4. The lowest BCUT2D eigenvalue weighted by atomic mass is 10.1. The number of allylic oxidation sites excluding steroid dienone is 3. The van der Waals surface area contributed by atoms with Crippen molar-refractivity contribution in [2.45, 2.75) is 39.5 Å². The molecule has 1 aromatic heterocycles. The monoisotopic (exact) mass is 555 g/mol. The highest BCUT2D eigenvalue weighted by molar-refractivity contribution is 5.96. The number of alkyl halides is 3. The van der Waals surface area contributed by atoms with Crippen LogP contribution in [0.2, 0.25) is 0 Å². The van der Waals surface area contributed by atoms with Gasteiger partial charge in [0.05, 0.1) is 5.69 Å². The minimum atomic E-state index is -4.74. The molecule has 3 aromatic rings. The van der Waals surface area contributed by atoms with Crippen molar-refractivity contribution in [3.05, 3.63) is 102 Å². The van der Waals surface area contributed by atoms with Crippen molar-refractivity contribution in [2.24, 2.45) is 0 Å². The molecule has 212 valence electrons. The molecule has 1 amide bonds. The number of phenols is 2. The highest BCUT2D eigenvalue weighted by Gasteiger charge is 2.35. The molecule has 0 bridgehead atoms. The van der Waals surface area contributed by atoms with Gasteiger partial charge in [-0.2, -0.15) is 18.3 Å². The predicted octanol–water partition coefficient (Wildman–Crippen LogP) is 6.35. The number of carbonyl (C=O) groups is 1. The Morgan fingerprint density at radius 1 is 1.12 bits per heavy atom. The van der Waals surface area contributed by atoms with Crippen LogP contribution in [0.5, 0.6) is 17.2 Å². The van der Waals surface area contributed by atoms with Crippen molar-refractivity contribution in [3.63, 3.8) is 0 Å². The van der Waals surface area contributed by atoms with Gasteiger partial charge in [0.25, 0.3) is 5.91 Å². The van der Waals surface area contributed by atoms with Crippen LogP contribution in [0.3, 0.4) is 0 Å². The fourth-order valence-corrected chi connectivity index (χ4v) is 3.95. The van der Waals surface area contributed by atoms with Crippen molar-refractivity contribution in [3.8, 4) is 22.9 Å².